The first kappa shape index (κ1) is 24.7. The van der Waals surface area contributed by atoms with Crippen molar-refractivity contribution in [1.29, 1.82) is 0 Å². The molecule has 35 heavy (non-hydrogen) atoms. The molecule has 0 heterocycles. The summed E-state index contributed by atoms with van der Waals surface area (Å²) >= 11 is 0. The highest BCUT2D eigenvalue weighted by molar-refractivity contribution is 7.88. The first-order chi connectivity index (χ1) is 16.4. The van der Waals surface area contributed by atoms with Crippen LogP contribution in [0.1, 0.15) is 81.8 Å². The van der Waals surface area contributed by atoms with E-state index in [1.165, 1.54) is 12.1 Å². The van der Waals surface area contributed by atoms with Crippen molar-refractivity contribution in [3.63, 3.8) is 0 Å². The van der Waals surface area contributed by atoms with E-state index < -0.39 is 21.2 Å². The number of alkyl halides is 3. The molecule has 0 radical (unpaired) electrons. The average molecular weight is 509 g/mol. The van der Waals surface area contributed by atoms with E-state index in [1.54, 1.807) is 6.07 Å². The van der Waals surface area contributed by atoms with Crippen LogP contribution in [-0.4, -0.2) is 24.6 Å². The Balaban J connectivity index is 1.34. The first-order valence-corrected chi connectivity index (χ1v) is 13.9. The van der Waals surface area contributed by atoms with Gasteiger partial charge in [-0.25, -0.2) is 0 Å². The number of aryl methyl sites for hydroxylation is 1. The van der Waals surface area contributed by atoms with E-state index in [4.69, 9.17) is 0 Å². The number of fused-ring (bicyclic) bond motifs is 5. The number of benzene rings is 1. The molecule has 4 aliphatic rings. The lowest BCUT2D eigenvalue weighted by Crippen LogP contribution is -2.41. The molecule has 0 spiro atoms. The first-order valence-electron chi connectivity index (χ1n) is 12.5. The Morgan fingerprint density at radius 1 is 1.11 bits per heavy atom. The maximum Gasteiger partial charge on any atom is 0.534 e. The van der Waals surface area contributed by atoms with Crippen molar-refractivity contribution in [2.24, 2.45) is 17.3 Å². The standard InChI is InChI=1S/C27H31F3O4S/c1-25-15-12-22-21-9-7-20(34-35(32,33)27(28,29)30)17-18(21)5-8-23(22)24(25)10-6-19(25)11-16-26(31)13-3-2-4-14-26/h6-7,9,17,22-24,31H,2-5,8,10,12-15H2,1H3/t22-,23-,24+,25-/m1/s1. The number of halogens is 3. The fourth-order valence-electron chi connectivity index (χ4n) is 6.99. The zero-order valence-electron chi connectivity index (χ0n) is 19.8. The van der Waals surface area contributed by atoms with Gasteiger partial charge in [0.05, 0.1) is 0 Å². The van der Waals surface area contributed by atoms with Crippen molar-refractivity contribution in [2.45, 2.75) is 88.2 Å². The lowest BCUT2D eigenvalue weighted by atomic mass is 9.54. The molecule has 2 saturated carbocycles. The molecule has 0 aliphatic heterocycles. The lowest BCUT2D eigenvalue weighted by molar-refractivity contribution is -0.0500. The third-order valence-electron chi connectivity index (χ3n) is 8.88. The predicted molar refractivity (Wildman–Crippen MR) is 126 cm³/mol. The average Bonchev–Trinajstić information content (AvgIpc) is 3.13. The summed E-state index contributed by atoms with van der Waals surface area (Å²) in [6.45, 7) is 2.29. The van der Waals surface area contributed by atoms with E-state index in [0.717, 1.165) is 74.5 Å². The van der Waals surface area contributed by atoms with Gasteiger partial charge in [-0.2, -0.15) is 21.6 Å². The van der Waals surface area contributed by atoms with Crippen molar-refractivity contribution >= 4 is 10.1 Å². The number of rotatable bonds is 2. The van der Waals surface area contributed by atoms with E-state index in [9.17, 15) is 26.7 Å². The Morgan fingerprint density at radius 3 is 2.57 bits per heavy atom. The van der Waals surface area contributed by atoms with Crippen molar-refractivity contribution < 1.29 is 30.9 Å². The molecule has 0 bridgehead atoms. The third-order valence-corrected chi connectivity index (χ3v) is 9.86. The van der Waals surface area contributed by atoms with Crippen molar-refractivity contribution in [2.75, 3.05) is 0 Å². The predicted octanol–water partition coefficient (Wildman–Crippen LogP) is 6.01. The van der Waals surface area contributed by atoms with Crippen LogP contribution in [0.4, 0.5) is 13.2 Å². The lowest BCUT2D eigenvalue weighted by Gasteiger charge is -2.49. The largest absolute Gasteiger partial charge is 0.534 e. The maximum atomic E-state index is 12.7. The summed E-state index contributed by atoms with van der Waals surface area (Å²) in [5.41, 5.74) is -3.24. The van der Waals surface area contributed by atoms with Crippen LogP contribution in [0.5, 0.6) is 5.75 Å². The van der Waals surface area contributed by atoms with Gasteiger partial charge in [-0.1, -0.05) is 37.3 Å². The second kappa shape index (κ2) is 8.55. The van der Waals surface area contributed by atoms with E-state index in [0.29, 0.717) is 18.3 Å². The molecule has 8 heteroatoms. The fourth-order valence-corrected chi connectivity index (χ4v) is 7.44. The topological polar surface area (TPSA) is 63.6 Å². The molecule has 1 N–H and O–H groups in total. The van der Waals surface area contributed by atoms with Crippen LogP contribution >= 0.6 is 0 Å². The van der Waals surface area contributed by atoms with Gasteiger partial charge in [0.25, 0.3) is 0 Å². The molecule has 4 nitrogen and oxygen atoms in total. The molecule has 5 rings (SSSR count). The monoisotopic (exact) mass is 508 g/mol. The minimum atomic E-state index is -5.68. The van der Waals surface area contributed by atoms with Gasteiger partial charge in [-0.15, -0.1) is 0 Å². The van der Waals surface area contributed by atoms with Crippen LogP contribution in [0.2, 0.25) is 0 Å². The Bertz CT molecular complexity index is 1200. The number of hydrogen-bond donors (Lipinski definition) is 1. The summed E-state index contributed by atoms with van der Waals surface area (Å²) in [7, 11) is -5.68. The van der Waals surface area contributed by atoms with Crippen LogP contribution in [0, 0.1) is 29.1 Å². The normalized spacial score (nSPS) is 31.8. The van der Waals surface area contributed by atoms with Gasteiger partial charge in [0.2, 0.25) is 0 Å². The second-order valence-electron chi connectivity index (χ2n) is 10.9. The maximum absolute atomic E-state index is 12.7. The van der Waals surface area contributed by atoms with Gasteiger partial charge in [0, 0.05) is 11.0 Å². The molecule has 1 aromatic rings. The van der Waals surface area contributed by atoms with Crippen LogP contribution in [-0.2, 0) is 16.5 Å². The van der Waals surface area contributed by atoms with E-state index in [1.807, 2.05) is 0 Å². The highest BCUT2D eigenvalue weighted by Crippen LogP contribution is 2.61. The third kappa shape index (κ3) is 4.40. The van der Waals surface area contributed by atoms with Gasteiger partial charge >= 0.3 is 15.6 Å². The minimum absolute atomic E-state index is 0.0272. The zero-order chi connectivity index (χ0) is 25.1. The molecular formula is C27H31F3O4S. The highest BCUT2D eigenvalue weighted by atomic mass is 32.2. The smallest absolute Gasteiger partial charge is 0.378 e. The van der Waals surface area contributed by atoms with Gasteiger partial charge < -0.3 is 9.29 Å². The van der Waals surface area contributed by atoms with Gasteiger partial charge in [0.1, 0.15) is 11.4 Å². The molecule has 4 atom stereocenters. The molecule has 4 aliphatic carbocycles. The van der Waals surface area contributed by atoms with Crippen LogP contribution in [0.25, 0.3) is 0 Å². The molecule has 1 aromatic carbocycles. The molecular weight excluding hydrogens is 477 g/mol. The highest BCUT2D eigenvalue weighted by Gasteiger charge is 2.52. The summed E-state index contributed by atoms with van der Waals surface area (Å²) in [6.07, 6.45) is 11.3. The molecule has 0 aromatic heterocycles. The van der Waals surface area contributed by atoms with E-state index in [-0.39, 0.29) is 17.1 Å². The van der Waals surface area contributed by atoms with Gasteiger partial charge in [-0.3, -0.25) is 0 Å². The number of allylic oxidation sites excluding steroid dienone is 2. The van der Waals surface area contributed by atoms with Gasteiger partial charge in [0.15, 0.2) is 0 Å². The summed E-state index contributed by atoms with van der Waals surface area (Å²) in [5.74, 6) is 7.46. The molecule has 0 amide bonds. The van der Waals surface area contributed by atoms with Crippen LogP contribution in [0.15, 0.2) is 29.8 Å². The summed E-state index contributed by atoms with van der Waals surface area (Å²) in [6, 6.07) is 4.54. The number of hydrogen-bond acceptors (Lipinski definition) is 4. The van der Waals surface area contributed by atoms with Crippen LogP contribution < -0.4 is 4.18 Å². The second-order valence-corrected chi connectivity index (χ2v) is 12.4. The molecule has 2 fully saturated rings. The Kier molecular flexibility index (Phi) is 6.04. The molecule has 0 unspecified atom stereocenters. The fraction of sp³-hybridized carbons (Fsp3) is 0.630. The Labute approximate surface area is 205 Å². The molecule has 190 valence electrons. The van der Waals surface area contributed by atoms with Crippen molar-refractivity contribution in [3.8, 4) is 17.6 Å². The van der Waals surface area contributed by atoms with E-state index in [2.05, 4.69) is 29.0 Å². The van der Waals surface area contributed by atoms with Crippen molar-refractivity contribution in [1.82, 2.24) is 0 Å². The zero-order valence-corrected chi connectivity index (χ0v) is 20.6. The SMILES string of the molecule is C[C@]12CC[C@@H]3c4ccc(OS(=O)(=O)C(F)(F)F)cc4CC[C@H]3[C@@H]1CC=C2C#CC1(O)CCCCC1. The summed E-state index contributed by atoms with van der Waals surface area (Å²) < 4.78 is 65.3. The Hall–Kier alpha value is -1.98. The van der Waals surface area contributed by atoms with Gasteiger partial charge in [-0.05, 0) is 98.8 Å². The molecule has 0 saturated heterocycles. The quantitative estimate of drug-likeness (QED) is 0.302. The summed E-state index contributed by atoms with van der Waals surface area (Å²) in [5, 5.41) is 10.8. The van der Waals surface area contributed by atoms with E-state index >= 15 is 0 Å². The minimum Gasteiger partial charge on any atom is -0.378 e. The van der Waals surface area contributed by atoms with Crippen LogP contribution in [0.3, 0.4) is 0 Å². The van der Waals surface area contributed by atoms with Crippen molar-refractivity contribution in [3.05, 3.63) is 41.0 Å². The Morgan fingerprint density at radius 2 is 1.86 bits per heavy atom. The summed E-state index contributed by atoms with van der Waals surface area (Å²) in [4.78, 5) is 0. The number of aliphatic hydroxyl groups is 1.